The molecule has 0 amide bonds. The molecule has 0 bridgehead atoms. The lowest BCUT2D eigenvalue weighted by molar-refractivity contribution is 0.177. The third-order valence-corrected chi connectivity index (χ3v) is 3.45. The van der Waals surface area contributed by atoms with E-state index in [1.54, 1.807) is 39.5 Å². The van der Waals surface area contributed by atoms with E-state index < -0.39 is 6.10 Å². The number of methoxy groups -OCH3 is 3. The lowest BCUT2D eigenvalue weighted by atomic mass is 10.1. The highest BCUT2D eigenvalue weighted by Crippen LogP contribution is 2.29. The Morgan fingerprint density at radius 3 is 2.58 bits per heavy atom. The lowest BCUT2D eigenvalue weighted by Crippen LogP contribution is -2.15. The van der Waals surface area contributed by atoms with E-state index >= 15 is 0 Å². The fourth-order valence-electron chi connectivity index (χ4n) is 2.33. The quantitative estimate of drug-likeness (QED) is 0.765. The second kappa shape index (κ2) is 8.47. The Balaban J connectivity index is 2.12. The van der Waals surface area contributed by atoms with Gasteiger partial charge in [0.1, 0.15) is 23.9 Å². The monoisotopic (exact) mass is 333 g/mol. The number of aromatic nitrogens is 2. The third kappa shape index (κ3) is 4.56. The highest BCUT2D eigenvalue weighted by Gasteiger charge is 2.15. The number of aliphatic hydroxyl groups excluding tert-OH is 1. The van der Waals surface area contributed by atoms with Crippen LogP contribution in [0.25, 0.3) is 0 Å². The number of nitrogens with zero attached hydrogens (tertiary/aromatic N) is 2. The summed E-state index contributed by atoms with van der Waals surface area (Å²) in [5.41, 5.74) is 1.47. The van der Waals surface area contributed by atoms with E-state index in [0.29, 0.717) is 35.3 Å². The van der Waals surface area contributed by atoms with E-state index in [1.165, 1.54) is 0 Å². The van der Waals surface area contributed by atoms with Gasteiger partial charge in [0.15, 0.2) is 5.82 Å². The molecule has 0 radical (unpaired) electrons. The number of ether oxygens (including phenoxy) is 3. The predicted octanol–water partition coefficient (Wildman–Crippen LogP) is 2.09. The average Bonchev–Trinajstić information content (AvgIpc) is 2.59. The molecule has 2 aromatic rings. The van der Waals surface area contributed by atoms with Crippen molar-refractivity contribution in [1.29, 1.82) is 0 Å². The number of aliphatic hydroxyl groups is 1. The minimum absolute atomic E-state index is 0.270. The topological polar surface area (TPSA) is 85.7 Å². The maximum Gasteiger partial charge on any atom is 0.156 e. The van der Waals surface area contributed by atoms with Crippen LogP contribution in [0.15, 0.2) is 24.3 Å². The van der Waals surface area contributed by atoms with Gasteiger partial charge in [-0.1, -0.05) is 0 Å². The SMILES string of the molecule is COCc1nc(C)cc(NCC(O)c2cc(OC)ccc2OC)n1. The minimum atomic E-state index is -0.781. The van der Waals surface area contributed by atoms with Gasteiger partial charge in [0.2, 0.25) is 0 Å². The maximum absolute atomic E-state index is 10.5. The number of rotatable bonds is 8. The van der Waals surface area contributed by atoms with Crippen LogP contribution in [0.2, 0.25) is 0 Å². The zero-order valence-corrected chi connectivity index (χ0v) is 14.4. The van der Waals surface area contributed by atoms with Gasteiger partial charge in [0.05, 0.1) is 20.3 Å². The van der Waals surface area contributed by atoms with E-state index in [2.05, 4.69) is 15.3 Å². The van der Waals surface area contributed by atoms with Crippen molar-refractivity contribution < 1.29 is 19.3 Å². The molecule has 0 aliphatic heterocycles. The van der Waals surface area contributed by atoms with Crippen molar-refractivity contribution in [2.75, 3.05) is 33.2 Å². The number of aryl methyl sites for hydroxylation is 1. The molecule has 0 spiro atoms. The molecule has 2 rings (SSSR count). The number of hydrogen-bond acceptors (Lipinski definition) is 7. The summed E-state index contributed by atoms with van der Waals surface area (Å²) in [5.74, 6) is 2.48. The van der Waals surface area contributed by atoms with Crippen molar-refractivity contribution in [1.82, 2.24) is 9.97 Å². The van der Waals surface area contributed by atoms with Gasteiger partial charge in [-0.2, -0.15) is 0 Å². The van der Waals surface area contributed by atoms with Crippen molar-refractivity contribution in [2.24, 2.45) is 0 Å². The molecule has 1 unspecified atom stereocenters. The standard InChI is InChI=1S/C17H23N3O4/c1-11-7-16(20-17(19-11)10-22-2)18-9-14(21)13-8-12(23-3)5-6-15(13)24-4/h5-8,14,21H,9-10H2,1-4H3,(H,18,19,20). The van der Waals surface area contributed by atoms with Gasteiger partial charge in [0, 0.05) is 31.0 Å². The number of benzene rings is 1. The molecular formula is C17H23N3O4. The van der Waals surface area contributed by atoms with Crippen molar-refractivity contribution in [2.45, 2.75) is 19.6 Å². The summed E-state index contributed by atoms with van der Waals surface area (Å²) in [6.45, 7) is 2.49. The van der Waals surface area contributed by atoms with Crippen LogP contribution in [0.5, 0.6) is 11.5 Å². The Bertz CT molecular complexity index is 679. The van der Waals surface area contributed by atoms with Crippen LogP contribution in [0.1, 0.15) is 23.2 Å². The summed E-state index contributed by atoms with van der Waals surface area (Å²) in [6.07, 6.45) is -0.781. The predicted molar refractivity (Wildman–Crippen MR) is 90.5 cm³/mol. The van der Waals surface area contributed by atoms with E-state index in [1.807, 2.05) is 13.0 Å². The van der Waals surface area contributed by atoms with Crippen molar-refractivity contribution in [3.05, 3.63) is 41.3 Å². The van der Waals surface area contributed by atoms with E-state index in [0.717, 1.165) is 5.69 Å². The summed E-state index contributed by atoms with van der Waals surface area (Å²) in [5, 5.41) is 13.6. The van der Waals surface area contributed by atoms with Crippen LogP contribution in [-0.2, 0) is 11.3 Å². The fraction of sp³-hybridized carbons (Fsp3) is 0.412. The summed E-state index contributed by atoms with van der Waals surface area (Å²) >= 11 is 0. The molecule has 1 aromatic carbocycles. The van der Waals surface area contributed by atoms with Gasteiger partial charge in [-0.25, -0.2) is 9.97 Å². The normalized spacial score (nSPS) is 11.9. The summed E-state index contributed by atoms with van der Waals surface area (Å²) in [4.78, 5) is 8.63. The molecule has 0 aliphatic carbocycles. The maximum atomic E-state index is 10.5. The Labute approximate surface area is 141 Å². The smallest absolute Gasteiger partial charge is 0.156 e. The lowest BCUT2D eigenvalue weighted by Gasteiger charge is -2.17. The molecule has 0 aliphatic rings. The van der Waals surface area contributed by atoms with Gasteiger partial charge in [-0.3, -0.25) is 0 Å². The zero-order chi connectivity index (χ0) is 17.5. The van der Waals surface area contributed by atoms with E-state index in [9.17, 15) is 5.11 Å². The first-order chi connectivity index (χ1) is 11.6. The van der Waals surface area contributed by atoms with Gasteiger partial charge in [-0.15, -0.1) is 0 Å². The van der Waals surface area contributed by atoms with Crippen LogP contribution in [-0.4, -0.2) is 42.9 Å². The largest absolute Gasteiger partial charge is 0.497 e. The molecule has 130 valence electrons. The molecule has 7 heteroatoms. The average molecular weight is 333 g/mol. The zero-order valence-electron chi connectivity index (χ0n) is 14.4. The highest BCUT2D eigenvalue weighted by molar-refractivity contribution is 5.43. The van der Waals surface area contributed by atoms with Crippen LogP contribution < -0.4 is 14.8 Å². The molecular weight excluding hydrogens is 310 g/mol. The van der Waals surface area contributed by atoms with Crippen LogP contribution >= 0.6 is 0 Å². The van der Waals surface area contributed by atoms with E-state index in [-0.39, 0.29) is 6.54 Å². The molecule has 1 aromatic heterocycles. The first-order valence-electron chi connectivity index (χ1n) is 7.54. The van der Waals surface area contributed by atoms with Gasteiger partial charge >= 0.3 is 0 Å². The summed E-state index contributed by atoms with van der Waals surface area (Å²) < 4.78 is 15.6. The Kier molecular flexibility index (Phi) is 6.34. The minimum Gasteiger partial charge on any atom is -0.497 e. The number of anilines is 1. The first-order valence-corrected chi connectivity index (χ1v) is 7.54. The van der Waals surface area contributed by atoms with Crippen LogP contribution in [0, 0.1) is 6.92 Å². The van der Waals surface area contributed by atoms with Gasteiger partial charge in [0.25, 0.3) is 0 Å². The van der Waals surface area contributed by atoms with Gasteiger partial charge in [-0.05, 0) is 25.1 Å². The molecule has 0 saturated carbocycles. The number of nitrogens with one attached hydrogen (secondary N) is 1. The summed E-state index contributed by atoms with van der Waals surface area (Å²) in [6, 6.07) is 7.12. The number of hydrogen-bond donors (Lipinski definition) is 2. The summed E-state index contributed by atoms with van der Waals surface area (Å²) in [7, 11) is 4.74. The van der Waals surface area contributed by atoms with Crippen molar-refractivity contribution in [3.63, 3.8) is 0 Å². The molecule has 0 saturated heterocycles. The highest BCUT2D eigenvalue weighted by atomic mass is 16.5. The second-order valence-corrected chi connectivity index (χ2v) is 5.25. The van der Waals surface area contributed by atoms with Crippen LogP contribution in [0.3, 0.4) is 0 Å². The Hall–Kier alpha value is -2.38. The molecule has 0 fully saturated rings. The van der Waals surface area contributed by atoms with Crippen LogP contribution in [0.4, 0.5) is 5.82 Å². The fourth-order valence-corrected chi connectivity index (χ4v) is 2.33. The Morgan fingerprint density at radius 2 is 1.92 bits per heavy atom. The molecule has 1 heterocycles. The molecule has 1 atom stereocenters. The van der Waals surface area contributed by atoms with Gasteiger partial charge < -0.3 is 24.6 Å². The second-order valence-electron chi connectivity index (χ2n) is 5.25. The van der Waals surface area contributed by atoms with Crippen molar-refractivity contribution in [3.8, 4) is 11.5 Å². The molecule has 7 nitrogen and oxygen atoms in total. The molecule has 24 heavy (non-hydrogen) atoms. The van der Waals surface area contributed by atoms with Crippen molar-refractivity contribution >= 4 is 5.82 Å². The van der Waals surface area contributed by atoms with E-state index in [4.69, 9.17) is 14.2 Å². The Morgan fingerprint density at radius 1 is 1.12 bits per heavy atom. The third-order valence-electron chi connectivity index (χ3n) is 3.45. The first kappa shape index (κ1) is 18.0. The molecule has 2 N–H and O–H groups in total.